The van der Waals surface area contributed by atoms with Crippen LogP contribution in [-0.2, 0) is 4.74 Å². The number of anilines is 1. The predicted octanol–water partition coefficient (Wildman–Crippen LogP) is 3.27. The number of amides is 1. The van der Waals surface area contributed by atoms with E-state index in [2.05, 4.69) is 5.32 Å². The standard InChI is InChI=1S/C20H21NO5/c22-20(21-15-5-8-18-19(12-15)25-11-10-24-18)14-3-6-16(7-4-14)26-13-17-2-1-9-23-17/h3-8,12,17H,1-2,9-11,13H2,(H,21,22). The molecule has 2 heterocycles. The van der Waals surface area contributed by atoms with Gasteiger partial charge in [-0.15, -0.1) is 0 Å². The van der Waals surface area contributed by atoms with E-state index in [1.807, 2.05) is 0 Å². The van der Waals surface area contributed by atoms with Crippen molar-refractivity contribution in [1.29, 1.82) is 0 Å². The molecule has 4 rings (SSSR count). The minimum atomic E-state index is -0.188. The molecule has 0 bridgehead atoms. The Kier molecular flexibility index (Phi) is 4.93. The molecule has 0 aliphatic carbocycles. The quantitative estimate of drug-likeness (QED) is 0.892. The first kappa shape index (κ1) is 16.7. The lowest BCUT2D eigenvalue weighted by molar-refractivity contribution is 0.0679. The van der Waals surface area contributed by atoms with Crippen molar-refractivity contribution >= 4 is 11.6 Å². The van der Waals surface area contributed by atoms with Gasteiger partial charge in [-0.05, 0) is 49.2 Å². The second kappa shape index (κ2) is 7.66. The highest BCUT2D eigenvalue weighted by Gasteiger charge is 2.16. The molecule has 1 unspecified atom stereocenters. The van der Waals surface area contributed by atoms with Gasteiger partial charge in [0.1, 0.15) is 25.6 Å². The first-order chi connectivity index (χ1) is 12.8. The first-order valence-corrected chi connectivity index (χ1v) is 8.83. The Hall–Kier alpha value is -2.73. The fourth-order valence-corrected chi connectivity index (χ4v) is 2.99. The van der Waals surface area contributed by atoms with E-state index in [-0.39, 0.29) is 12.0 Å². The predicted molar refractivity (Wildman–Crippen MR) is 96.3 cm³/mol. The van der Waals surface area contributed by atoms with Crippen molar-refractivity contribution in [3.63, 3.8) is 0 Å². The minimum absolute atomic E-state index is 0.174. The number of hydrogen-bond donors (Lipinski definition) is 1. The molecule has 2 aromatic rings. The van der Waals surface area contributed by atoms with Gasteiger partial charge in [0.15, 0.2) is 11.5 Å². The maximum absolute atomic E-state index is 12.4. The van der Waals surface area contributed by atoms with Gasteiger partial charge in [-0.2, -0.15) is 0 Å². The van der Waals surface area contributed by atoms with Crippen LogP contribution < -0.4 is 19.5 Å². The summed E-state index contributed by atoms with van der Waals surface area (Å²) in [6.45, 7) is 2.41. The van der Waals surface area contributed by atoms with E-state index in [0.29, 0.717) is 42.6 Å². The lowest BCUT2D eigenvalue weighted by Crippen LogP contribution is -2.17. The summed E-state index contributed by atoms with van der Waals surface area (Å²) < 4.78 is 22.3. The number of carbonyl (C=O) groups excluding carboxylic acids is 1. The van der Waals surface area contributed by atoms with Gasteiger partial charge in [0.2, 0.25) is 0 Å². The van der Waals surface area contributed by atoms with Crippen LogP contribution >= 0.6 is 0 Å². The normalized spacial score (nSPS) is 18.4. The molecule has 1 atom stereocenters. The molecule has 2 aromatic carbocycles. The maximum Gasteiger partial charge on any atom is 0.255 e. The lowest BCUT2D eigenvalue weighted by Gasteiger charge is -2.19. The summed E-state index contributed by atoms with van der Waals surface area (Å²) in [7, 11) is 0. The summed E-state index contributed by atoms with van der Waals surface area (Å²) in [6.07, 6.45) is 2.30. The van der Waals surface area contributed by atoms with E-state index in [1.54, 1.807) is 42.5 Å². The average Bonchev–Trinajstić information content (AvgIpc) is 3.20. The van der Waals surface area contributed by atoms with Gasteiger partial charge in [-0.3, -0.25) is 4.79 Å². The SMILES string of the molecule is O=C(Nc1ccc2c(c1)OCCO2)c1ccc(OCC2CCCO2)cc1. The number of rotatable bonds is 5. The number of nitrogens with one attached hydrogen (secondary N) is 1. The zero-order valence-corrected chi connectivity index (χ0v) is 14.4. The lowest BCUT2D eigenvalue weighted by atomic mass is 10.2. The summed E-state index contributed by atoms with van der Waals surface area (Å²) in [6, 6.07) is 12.5. The van der Waals surface area contributed by atoms with Crippen LogP contribution in [0.1, 0.15) is 23.2 Å². The Morgan fingerprint density at radius 2 is 1.85 bits per heavy atom. The van der Waals surface area contributed by atoms with Crippen LogP contribution in [0, 0.1) is 0 Å². The highest BCUT2D eigenvalue weighted by molar-refractivity contribution is 6.04. The molecule has 0 spiro atoms. The van der Waals surface area contributed by atoms with E-state index >= 15 is 0 Å². The minimum Gasteiger partial charge on any atom is -0.491 e. The van der Waals surface area contributed by atoms with Gasteiger partial charge in [0.05, 0.1) is 6.10 Å². The Morgan fingerprint density at radius 3 is 2.62 bits per heavy atom. The second-order valence-corrected chi connectivity index (χ2v) is 6.28. The van der Waals surface area contributed by atoms with Crippen LogP contribution in [0.3, 0.4) is 0 Å². The monoisotopic (exact) mass is 355 g/mol. The van der Waals surface area contributed by atoms with Gasteiger partial charge in [-0.1, -0.05) is 0 Å². The van der Waals surface area contributed by atoms with E-state index < -0.39 is 0 Å². The van der Waals surface area contributed by atoms with Gasteiger partial charge in [-0.25, -0.2) is 0 Å². The van der Waals surface area contributed by atoms with Crippen LogP contribution in [0.4, 0.5) is 5.69 Å². The largest absolute Gasteiger partial charge is 0.491 e. The highest BCUT2D eigenvalue weighted by atomic mass is 16.6. The van der Waals surface area contributed by atoms with Crippen molar-refractivity contribution < 1.29 is 23.7 Å². The maximum atomic E-state index is 12.4. The smallest absolute Gasteiger partial charge is 0.255 e. The Labute approximate surface area is 152 Å². The van der Waals surface area contributed by atoms with Crippen LogP contribution in [0.2, 0.25) is 0 Å². The zero-order valence-electron chi connectivity index (χ0n) is 14.4. The summed E-state index contributed by atoms with van der Waals surface area (Å²) in [5, 5.41) is 2.87. The highest BCUT2D eigenvalue weighted by Crippen LogP contribution is 2.32. The Balaban J connectivity index is 1.35. The molecule has 136 valence electrons. The molecule has 0 aromatic heterocycles. The van der Waals surface area contributed by atoms with E-state index in [9.17, 15) is 4.79 Å². The summed E-state index contributed by atoms with van der Waals surface area (Å²) in [4.78, 5) is 12.4. The van der Waals surface area contributed by atoms with Gasteiger partial charge < -0.3 is 24.3 Å². The summed E-state index contributed by atoms with van der Waals surface area (Å²) in [5.74, 6) is 1.89. The van der Waals surface area contributed by atoms with Crippen LogP contribution in [-0.4, -0.2) is 38.4 Å². The van der Waals surface area contributed by atoms with Crippen molar-refractivity contribution in [1.82, 2.24) is 0 Å². The molecule has 6 heteroatoms. The third-order valence-electron chi connectivity index (χ3n) is 4.38. The Morgan fingerprint density at radius 1 is 1.04 bits per heavy atom. The third kappa shape index (κ3) is 3.91. The van der Waals surface area contributed by atoms with E-state index in [4.69, 9.17) is 18.9 Å². The van der Waals surface area contributed by atoms with Crippen molar-refractivity contribution in [3.05, 3.63) is 48.0 Å². The molecule has 0 saturated carbocycles. The number of ether oxygens (including phenoxy) is 4. The van der Waals surface area contributed by atoms with Crippen molar-refractivity contribution in [2.45, 2.75) is 18.9 Å². The topological polar surface area (TPSA) is 66.0 Å². The third-order valence-corrected chi connectivity index (χ3v) is 4.38. The van der Waals surface area contributed by atoms with Crippen LogP contribution in [0.25, 0.3) is 0 Å². The van der Waals surface area contributed by atoms with Gasteiger partial charge >= 0.3 is 0 Å². The number of fused-ring (bicyclic) bond motifs is 1. The van der Waals surface area contributed by atoms with Crippen molar-refractivity contribution in [3.8, 4) is 17.2 Å². The Bertz CT molecular complexity index is 768. The molecule has 6 nitrogen and oxygen atoms in total. The fraction of sp³-hybridized carbons (Fsp3) is 0.350. The molecule has 1 saturated heterocycles. The molecule has 2 aliphatic heterocycles. The second-order valence-electron chi connectivity index (χ2n) is 6.28. The number of carbonyl (C=O) groups is 1. The van der Waals surface area contributed by atoms with Gasteiger partial charge in [0, 0.05) is 23.9 Å². The number of benzene rings is 2. The zero-order chi connectivity index (χ0) is 17.8. The average molecular weight is 355 g/mol. The van der Waals surface area contributed by atoms with Crippen LogP contribution in [0.15, 0.2) is 42.5 Å². The summed E-state index contributed by atoms with van der Waals surface area (Å²) in [5.41, 5.74) is 1.22. The molecule has 2 aliphatic rings. The van der Waals surface area contributed by atoms with Crippen molar-refractivity contribution in [2.24, 2.45) is 0 Å². The first-order valence-electron chi connectivity index (χ1n) is 8.83. The van der Waals surface area contributed by atoms with E-state index in [0.717, 1.165) is 25.2 Å². The molecular weight excluding hydrogens is 334 g/mol. The molecule has 1 N–H and O–H groups in total. The van der Waals surface area contributed by atoms with Crippen molar-refractivity contribution in [2.75, 3.05) is 31.7 Å². The molecule has 0 radical (unpaired) electrons. The van der Waals surface area contributed by atoms with Gasteiger partial charge in [0.25, 0.3) is 5.91 Å². The molecule has 26 heavy (non-hydrogen) atoms. The summed E-state index contributed by atoms with van der Waals surface area (Å²) >= 11 is 0. The fourth-order valence-electron chi connectivity index (χ4n) is 2.99. The van der Waals surface area contributed by atoms with Crippen LogP contribution in [0.5, 0.6) is 17.2 Å². The molecular formula is C20H21NO5. The molecule has 1 amide bonds. The molecule has 1 fully saturated rings. The number of hydrogen-bond acceptors (Lipinski definition) is 5. The van der Waals surface area contributed by atoms with E-state index in [1.165, 1.54) is 0 Å².